The maximum Gasteiger partial charge on any atom is 0.182 e. The van der Waals surface area contributed by atoms with Gasteiger partial charge < -0.3 is 0 Å². The van der Waals surface area contributed by atoms with E-state index in [9.17, 15) is 4.39 Å². The number of hydrogen-bond donors (Lipinski definition) is 0. The lowest BCUT2D eigenvalue weighted by Crippen LogP contribution is -2.03. The van der Waals surface area contributed by atoms with Crippen molar-refractivity contribution in [2.75, 3.05) is 0 Å². The fraction of sp³-hybridized carbons (Fsp3) is 0. The maximum absolute atomic E-state index is 15.0. The molecule has 0 amide bonds. The number of hydrogen-bond acceptors (Lipinski definition) is 6. The molecule has 4 aromatic heterocycles. The SMILES string of the molecule is Fc1[c]c(-c2ncc(Cl)c(Cl)n2)c(-c2cccnc2Cl)nc1-c1ncc(Cl)c(Cl)n1. The smallest absolute Gasteiger partial charge is 0.182 e. The molecule has 0 aromatic carbocycles. The van der Waals surface area contributed by atoms with Crippen LogP contribution < -0.4 is 0 Å². The van der Waals surface area contributed by atoms with E-state index in [1.165, 1.54) is 18.6 Å². The Labute approximate surface area is 194 Å². The molecule has 0 saturated heterocycles. The highest BCUT2D eigenvalue weighted by atomic mass is 35.5. The average molecular weight is 502 g/mol. The zero-order valence-corrected chi connectivity index (χ0v) is 18.1. The summed E-state index contributed by atoms with van der Waals surface area (Å²) in [5.74, 6) is -0.935. The quantitative estimate of drug-likeness (QED) is 0.243. The monoisotopic (exact) mass is 499 g/mol. The summed E-state index contributed by atoms with van der Waals surface area (Å²) < 4.78 is 15.0. The Bertz CT molecular complexity index is 1290. The molecule has 4 rings (SSSR count). The van der Waals surface area contributed by atoms with E-state index in [1.54, 1.807) is 12.1 Å². The molecule has 4 aromatic rings. The topological polar surface area (TPSA) is 77.3 Å². The largest absolute Gasteiger partial charge is 0.244 e. The van der Waals surface area contributed by atoms with E-state index in [1.807, 2.05) is 0 Å². The third-order valence-electron chi connectivity index (χ3n) is 3.76. The molecule has 0 aliphatic carbocycles. The summed E-state index contributed by atoms with van der Waals surface area (Å²) in [7, 11) is 0. The van der Waals surface area contributed by atoms with Crippen molar-refractivity contribution in [2.45, 2.75) is 0 Å². The molecular formula is C18H5Cl5FN6. The molecule has 4 heterocycles. The highest BCUT2D eigenvalue weighted by Crippen LogP contribution is 2.36. The molecule has 149 valence electrons. The first kappa shape index (κ1) is 21.1. The van der Waals surface area contributed by atoms with Crippen LogP contribution in [0.4, 0.5) is 4.39 Å². The summed E-state index contributed by atoms with van der Waals surface area (Å²) in [6.45, 7) is 0. The van der Waals surface area contributed by atoms with E-state index in [0.717, 1.165) is 0 Å². The second-order valence-electron chi connectivity index (χ2n) is 5.63. The number of nitrogens with zero attached hydrogens (tertiary/aromatic N) is 6. The Morgan fingerprint density at radius 3 is 2.00 bits per heavy atom. The van der Waals surface area contributed by atoms with E-state index >= 15 is 0 Å². The molecule has 30 heavy (non-hydrogen) atoms. The third kappa shape index (κ3) is 4.04. The predicted octanol–water partition coefficient (Wildman–Crippen LogP) is 6.26. The third-order valence-corrected chi connectivity index (χ3v) is 5.38. The van der Waals surface area contributed by atoms with Gasteiger partial charge in [-0.3, -0.25) is 0 Å². The molecule has 0 aliphatic heterocycles. The number of aromatic nitrogens is 6. The van der Waals surface area contributed by atoms with Gasteiger partial charge in [0.25, 0.3) is 0 Å². The molecule has 6 nitrogen and oxygen atoms in total. The van der Waals surface area contributed by atoms with Crippen LogP contribution in [0.25, 0.3) is 34.2 Å². The Hall–Kier alpha value is -2.16. The Morgan fingerprint density at radius 2 is 1.37 bits per heavy atom. The predicted molar refractivity (Wildman–Crippen MR) is 113 cm³/mol. The van der Waals surface area contributed by atoms with Gasteiger partial charge in [-0.15, -0.1) is 0 Å². The van der Waals surface area contributed by atoms with Crippen LogP contribution in [0.1, 0.15) is 0 Å². The number of pyridine rings is 2. The van der Waals surface area contributed by atoms with Crippen molar-refractivity contribution >= 4 is 58.0 Å². The minimum Gasteiger partial charge on any atom is -0.244 e. The summed E-state index contributed by atoms with van der Waals surface area (Å²) >= 11 is 29.9. The minimum absolute atomic E-state index is 0.0180. The average Bonchev–Trinajstić information content (AvgIpc) is 2.72. The van der Waals surface area contributed by atoms with Crippen LogP contribution >= 0.6 is 58.0 Å². The lowest BCUT2D eigenvalue weighted by molar-refractivity contribution is 0.622. The highest BCUT2D eigenvalue weighted by molar-refractivity contribution is 6.41. The zero-order valence-electron chi connectivity index (χ0n) is 14.3. The van der Waals surface area contributed by atoms with Gasteiger partial charge in [0.2, 0.25) is 0 Å². The van der Waals surface area contributed by atoms with Gasteiger partial charge in [0.05, 0.1) is 33.7 Å². The van der Waals surface area contributed by atoms with Crippen LogP contribution in [0.15, 0.2) is 30.7 Å². The van der Waals surface area contributed by atoms with Gasteiger partial charge in [-0.05, 0) is 12.1 Å². The molecule has 0 N–H and O–H groups in total. The molecule has 0 aliphatic rings. The van der Waals surface area contributed by atoms with Crippen molar-refractivity contribution in [3.8, 4) is 34.2 Å². The molecule has 0 unspecified atom stereocenters. The first-order valence-corrected chi connectivity index (χ1v) is 9.84. The van der Waals surface area contributed by atoms with Crippen molar-refractivity contribution in [1.29, 1.82) is 0 Å². The molecule has 0 spiro atoms. The fourth-order valence-corrected chi connectivity index (χ4v) is 3.09. The molecule has 0 fully saturated rings. The Morgan fingerprint density at radius 1 is 0.733 bits per heavy atom. The van der Waals surface area contributed by atoms with Crippen LogP contribution in [0.5, 0.6) is 0 Å². The molecule has 12 heteroatoms. The lowest BCUT2D eigenvalue weighted by atomic mass is 10.1. The van der Waals surface area contributed by atoms with Crippen molar-refractivity contribution < 1.29 is 4.39 Å². The fourth-order valence-electron chi connectivity index (χ4n) is 2.44. The van der Waals surface area contributed by atoms with E-state index < -0.39 is 5.82 Å². The van der Waals surface area contributed by atoms with Crippen LogP contribution in [0, 0.1) is 11.9 Å². The second kappa shape index (κ2) is 8.53. The molecular weight excluding hydrogens is 497 g/mol. The summed E-state index contributed by atoms with van der Waals surface area (Å²) in [5, 5.41) is 0.292. The normalized spacial score (nSPS) is 11.0. The van der Waals surface area contributed by atoms with E-state index in [-0.39, 0.29) is 54.1 Å². The molecule has 0 bridgehead atoms. The van der Waals surface area contributed by atoms with Gasteiger partial charge in [0, 0.05) is 17.8 Å². The molecule has 0 atom stereocenters. The van der Waals surface area contributed by atoms with Crippen molar-refractivity contribution in [2.24, 2.45) is 0 Å². The molecule has 1 radical (unpaired) electrons. The Balaban J connectivity index is 2.01. The van der Waals surface area contributed by atoms with E-state index in [4.69, 9.17) is 58.0 Å². The second-order valence-corrected chi connectivity index (χ2v) is 7.52. The standard InChI is InChI=1S/C18H5Cl5FN6/c19-9-5-26-17(29-15(9)22)8-4-11(24)13(18-27-6-10(20)16(23)30-18)28-12(8)7-2-1-3-25-14(7)21/h1-3,5-6H. The molecule has 0 saturated carbocycles. The van der Waals surface area contributed by atoms with Crippen molar-refractivity contribution in [3.63, 3.8) is 0 Å². The van der Waals surface area contributed by atoms with Crippen molar-refractivity contribution in [3.05, 3.63) is 68.1 Å². The van der Waals surface area contributed by atoms with Gasteiger partial charge in [0.1, 0.15) is 10.8 Å². The van der Waals surface area contributed by atoms with E-state index in [2.05, 4.69) is 36.0 Å². The summed E-state index contributed by atoms with van der Waals surface area (Å²) in [5.41, 5.74) is 0.413. The van der Waals surface area contributed by atoms with Gasteiger partial charge in [-0.1, -0.05) is 58.0 Å². The van der Waals surface area contributed by atoms with Gasteiger partial charge in [-0.25, -0.2) is 34.3 Å². The van der Waals surface area contributed by atoms with Crippen molar-refractivity contribution in [1.82, 2.24) is 29.9 Å². The van der Waals surface area contributed by atoms with Crippen LogP contribution in [0.2, 0.25) is 25.5 Å². The van der Waals surface area contributed by atoms with Gasteiger partial charge in [-0.2, -0.15) is 0 Å². The van der Waals surface area contributed by atoms with Crippen LogP contribution in [-0.4, -0.2) is 29.9 Å². The summed E-state index contributed by atoms with van der Waals surface area (Å²) in [6, 6.07) is 5.85. The summed E-state index contributed by atoms with van der Waals surface area (Å²) in [4.78, 5) is 24.5. The maximum atomic E-state index is 15.0. The first-order valence-electron chi connectivity index (χ1n) is 7.95. The zero-order chi connectivity index (χ0) is 21.4. The number of halogens is 6. The minimum atomic E-state index is -0.873. The first-order chi connectivity index (χ1) is 14.3. The summed E-state index contributed by atoms with van der Waals surface area (Å²) in [6.07, 6.45) is 4.01. The van der Waals surface area contributed by atoms with Gasteiger partial charge in [0.15, 0.2) is 27.8 Å². The number of rotatable bonds is 3. The Kier molecular flexibility index (Phi) is 5.99. The van der Waals surface area contributed by atoms with E-state index in [0.29, 0.717) is 5.56 Å². The highest BCUT2D eigenvalue weighted by Gasteiger charge is 2.22. The van der Waals surface area contributed by atoms with Gasteiger partial charge >= 0.3 is 0 Å². The lowest BCUT2D eigenvalue weighted by Gasteiger charge is -2.12. The van der Waals surface area contributed by atoms with Crippen LogP contribution in [-0.2, 0) is 0 Å². The van der Waals surface area contributed by atoms with Crippen LogP contribution in [0.3, 0.4) is 0 Å².